The maximum Gasteiger partial charge on any atom is 0.228 e. The van der Waals surface area contributed by atoms with Crippen molar-refractivity contribution in [3.05, 3.63) is 65.7 Å². The first-order valence-corrected chi connectivity index (χ1v) is 6.86. The molecular weight excluding hydrogens is 300 g/mol. The standard InChI is InChI=1S/C16H13F2N5/c17-11-6-7-13(18)12(8-11)14-21-15(19)23-16(22-14)20-9-10-4-2-1-3-5-10/h1-8H,9H2,(H3,19,20,21,22,23). The number of nitrogens with zero attached hydrogens (tertiary/aromatic N) is 3. The number of hydrogen-bond acceptors (Lipinski definition) is 5. The molecule has 0 fully saturated rings. The molecule has 7 heteroatoms. The Morgan fingerprint density at radius 3 is 2.52 bits per heavy atom. The lowest BCUT2D eigenvalue weighted by atomic mass is 10.2. The van der Waals surface area contributed by atoms with E-state index in [1.54, 1.807) is 0 Å². The zero-order valence-corrected chi connectivity index (χ0v) is 12.0. The van der Waals surface area contributed by atoms with Gasteiger partial charge in [0.05, 0.1) is 5.56 Å². The van der Waals surface area contributed by atoms with Crippen LogP contribution in [-0.4, -0.2) is 15.0 Å². The molecule has 0 aliphatic heterocycles. The van der Waals surface area contributed by atoms with Gasteiger partial charge in [-0.15, -0.1) is 0 Å². The Labute approximate surface area is 131 Å². The summed E-state index contributed by atoms with van der Waals surface area (Å²) >= 11 is 0. The first kappa shape index (κ1) is 14.8. The van der Waals surface area contributed by atoms with E-state index in [1.807, 2.05) is 30.3 Å². The van der Waals surface area contributed by atoms with Crippen molar-refractivity contribution in [2.24, 2.45) is 0 Å². The Morgan fingerprint density at radius 2 is 1.74 bits per heavy atom. The molecule has 0 saturated heterocycles. The van der Waals surface area contributed by atoms with Gasteiger partial charge >= 0.3 is 0 Å². The Hall–Kier alpha value is -3.09. The van der Waals surface area contributed by atoms with E-state index in [0.29, 0.717) is 6.54 Å². The van der Waals surface area contributed by atoms with Crippen LogP contribution in [0.5, 0.6) is 0 Å². The Balaban J connectivity index is 1.88. The fourth-order valence-corrected chi connectivity index (χ4v) is 2.04. The second kappa shape index (κ2) is 6.35. The summed E-state index contributed by atoms with van der Waals surface area (Å²) < 4.78 is 27.2. The van der Waals surface area contributed by atoms with Crippen LogP contribution < -0.4 is 11.1 Å². The summed E-state index contributed by atoms with van der Waals surface area (Å²) in [7, 11) is 0. The Morgan fingerprint density at radius 1 is 0.957 bits per heavy atom. The summed E-state index contributed by atoms with van der Waals surface area (Å²) in [6.07, 6.45) is 0. The van der Waals surface area contributed by atoms with Gasteiger partial charge in [-0.25, -0.2) is 8.78 Å². The molecule has 1 aromatic heterocycles. The number of benzene rings is 2. The van der Waals surface area contributed by atoms with Crippen molar-refractivity contribution in [3.63, 3.8) is 0 Å². The predicted octanol–water partition coefficient (Wildman–Crippen LogP) is 3.01. The van der Waals surface area contributed by atoms with Crippen LogP contribution in [0.2, 0.25) is 0 Å². The zero-order chi connectivity index (χ0) is 16.2. The maximum atomic E-state index is 13.8. The average molecular weight is 313 g/mol. The zero-order valence-electron chi connectivity index (χ0n) is 12.0. The van der Waals surface area contributed by atoms with Crippen molar-refractivity contribution in [2.45, 2.75) is 6.54 Å². The van der Waals surface area contributed by atoms with Crippen LogP contribution in [0.4, 0.5) is 20.7 Å². The van der Waals surface area contributed by atoms with E-state index < -0.39 is 11.6 Å². The van der Waals surface area contributed by atoms with Crippen molar-refractivity contribution in [3.8, 4) is 11.4 Å². The van der Waals surface area contributed by atoms with Crippen LogP contribution in [0.15, 0.2) is 48.5 Å². The molecule has 0 saturated carbocycles. The summed E-state index contributed by atoms with van der Waals surface area (Å²) in [5.41, 5.74) is 6.59. The number of nitrogens with two attached hydrogens (primary N) is 1. The number of halogens is 2. The van der Waals surface area contributed by atoms with Crippen LogP contribution in [0.25, 0.3) is 11.4 Å². The number of anilines is 2. The van der Waals surface area contributed by atoms with Crippen molar-refractivity contribution in [1.29, 1.82) is 0 Å². The molecule has 0 aliphatic carbocycles. The number of hydrogen-bond donors (Lipinski definition) is 2. The van der Waals surface area contributed by atoms with Gasteiger partial charge < -0.3 is 11.1 Å². The van der Waals surface area contributed by atoms with Crippen LogP contribution >= 0.6 is 0 Å². The number of rotatable bonds is 4. The molecule has 23 heavy (non-hydrogen) atoms. The van der Waals surface area contributed by atoms with Gasteiger partial charge in [0.25, 0.3) is 0 Å². The first-order chi connectivity index (χ1) is 11.1. The average Bonchev–Trinajstić information content (AvgIpc) is 2.56. The number of nitrogen functional groups attached to an aromatic ring is 1. The maximum absolute atomic E-state index is 13.8. The minimum absolute atomic E-state index is 0.0231. The highest BCUT2D eigenvalue weighted by Gasteiger charge is 2.12. The van der Waals surface area contributed by atoms with E-state index in [0.717, 1.165) is 23.8 Å². The van der Waals surface area contributed by atoms with E-state index in [9.17, 15) is 8.78 Å². The Kier molecular flexibility index (Phi) is 4.09. The highest BCUT2D eigenvalue weighted by Crippen LogP contribution is 2.21. The lowest BCUT2D eigenvalue weighted by Gasteiger charge is -2.08. The normalized spacial score (nSPS) is 10.5. The highest BCUT2D eigenvalue weighted by atomic mass is 19.1. The van der Waals surface area contributed by atoms with Crippen molar-refractivity contribution in [2.75, 3.05) is 11.1 Å². The fraction of sp³-hybridized carbons (Fsp3) is 0.0625. The summed E-state index contributed by atoms with van der Waals surface area (Å²) in [5, 5.41) is 2.99. The minimum Gasteiger partial charge on any atom is -0.368 e. The smallest absolute Gasteiger partial charge is 0.228 e. The molecule has 3 aromatic rings. The minimum atomic E-state index is -0.633. The third-order valence-electron chi connectivity index (χ3n) is 3.12. The molecule has 5 nitrogen and oxygen atoms in total. The molecule has 0 aliphatic rings. The fourth-order valence-electron chi connectivity index (χ4n) is 2.04. The summed E-state index contributed by atoms with van der Waals surface area (Å²) in [4.78, 5) is 11.9. The van der Waals surface area contributed by atoms with Crippen LogP contribution in [0, 0.1) is 11.6 Å². The Bertz CT molecular complexity index is 824. The second-order valence-electron chi connectivity index (χ2n) is 4.80. The molecule has 3 N–H and O–H groups in total. The first-order valence-electron chi connectivity index (χ1n) is 6.86. The molecule has 2 aromatic carbocycles. The van der Waals surface area contributed by atoms with Gasteiger partial charge in [0.15, 0.2) is 5.82 Å². The molecule has 0 radical (unpaired) electrons. The van der Waals surface area contributed by atoms with Crippen LogP contribution in [0.3, 0.4) is 0 Å². The van der Waals surface area contributed by atoms with Gasteiger partial charge in [-0.05, 0) is 23.8 Å². The summed E-state index contributed by atoms with van der Waals surface area (Å²) in [6.45, 7) is 0.468. The quantitative estimate of drug-likeness (QED) is 0.774. The molecule has 0 amide bonds. The molecule has 0 unspecified atom stereocenters. The lowest BCUT2D eigenvalue weighted by molar-refractivity contribution is 0.602. The van der Waals surface area contributed by atoms with Gasteiger partial charge in [0, 0.05) is 6.54 Å². The SMILES string of the molecule is Nc1nc(NCc2ccccc2)nc(-c2cc(F)ccc2F)n1. The van der Waals surface area contributed by atoms with Crippen molar-refractivity contribution < 1.29 is 8.78 Å². The van der Waals surface area contributed by atoms with Gasteiger partial charge in [-0.3, -0.25) is 0 Å². The summed E-state index contributed by atoms with van der Waals surface area (Å²) in [5.74, 6) is -1.12. The molecule has 116 valence electrons. The molecule has 0 atom stereocenters. The molecule has 0 spiro atoms. The van der Waals surface area contributed by atoms with E-state index in [2.05, 4.69) is 20.3 Å². The topological polar surface area (TPSA) is 76.7 Å². The summed E-state index contributed by atoms with van der Waals surface area (Å²) in [6, 6.07) is 12.7. The van der Waals surface area contributed by atoms with E-state index in [1.165, 1.54) is 0 Å². The van der Waals surface area contributed by atoms with E-state index in [4.69, 9.17) is 5.73 Å². The van der Waals surface area contributed by atoms with E-state index in [-0.39, 0.29) is 23.3 Å². The third kappa shape index (κ3) is 3.57. The van der Waals surface area contributed by atoms with Crippen molar-refractivity contribution >= 4 is 11.9 Å². The van der Waals surface area contributed by atoms with Crippen molar-refractivity contribution in [1.82, 2.24) is 15.0 Å². The van der Waals surface area contributed by atoms with E-state index >= 15 is 0 Å². The highest BCUT2D eigenvalue weighted by molar-refractivity contribution is 5.58. The van der Waals surface area contributed by atoms with Gasteiger partial charge in [0.2, 0.25) is 11.9 Å². The van der Waals surface area contributed by atoms with Gasteiger partial charge in [-0.2, -0.15) is 15.0 Å². The molecule has 0 bridgehead atoms. The van der Waals surface area contributed by atoms with Gasteiger partial charge in [0.1, 0.15) is 11.6 Å². The lowest BCUT2D eigenvalue weighted by Crippen LogP contribution is -2.08. The molecular formula is C16H13F2N5. The number of aromatic nitrogens is 3. The molecule has 1 heterocycles. The van der Waals surface area contributed by atoms with Gasteiger partial charge in [-0.1, -0.05) is 30.3 Å². The van der Waals surface area contributed by atoms with Crippen LogP contribution in [0.1, 0.15) is 5.56 Å². The largest absolute Gasteiger partial charge is 0.368 e. The number of nitrogens with one attached hydrogen (secondary N) is 1. The predicted molar refractivity (Wildman–Crippen MR) is 83.4 cm³/mol. The van der Waals surface area contributed by atoms with Crippen LogP contribution in [-0.2, 0) is 6.54 Å². The second-order valence-corrected chi connectivity index (χ2v) is 4.80. The molecule has 3 rings (SSSR count). The third-order valence-corrected chi connectivity index (χ3v) is 3.12. The monoisotopic (exact) mass is 313 g/mol.